The van der Waals surface area contributed by atoms with Gasteiger partial charge in [0.15, 0.2) is 0 Å². The van der Waals surface area contributed by atoms with Gasteiger partial charge in [0.1, 0.15) is 5.76 Å². The van der Waals surface area contributed by atoms with Gasteiger partial charge in [0.05, 0.1) is 0 Å². The first kappa shape index (κ1) is 10.2. The summed E-state index contributed by atoms with van der Waals surface area (Å²) in [6.07, 6.45) is 1.82. The van der Waals surface area contributed by atoms with Crippen molar-refractivity contribution in [1.82, 2.24) is 0 Å². The molecule has 0 heterocycles. The predicted octanol–water partition coefficient (Wildman–Crippen LogP) is 2.50. The maximum Gasteiger partial charge on any atom is 0.307 e. The maximum absolute atomic E-state index is 10.6. The van der Waals surface area contributed by atoms with Crippen molar-refractivity contribution >= 4 is 5.97 Å². The fourth-order valence-electron chi connectivity index (χ4n) is 0.800. The molecule has 2 heteroatoms. The molecule has 0 aromatic carbocycles. The molecule has 0 unspecified atom stereocenters. The topological polar surface area (TPSA) is 26.3 Å². The summed E-state index contributed by atoms with van der Waals surface area (Å²) in [7, 11) is 0. The second-order valence-corrected chi connectivity index (χ2v) is 3.50. The summed E-state index contributed by atoms with van der Waals surface area (Å²) in [4.78, 5) is 10.6. The molecule has 64 valence electrons. The molecule has 0 aromatic rings. The van der Waals surface area contributed by atoms with E-state index in [1.807, 2.05) is 33.8 Å². The summed E-state index contributed by atoms with van der Waals surface area (Å²) < 4.78 is 4.99. The lowest BCUT2D eigenvalue weighted by molar-refractivity contribution is -0.138. The van der Waals surface area contributed by atoms with E-state index in [1.54, 1.807) is 0 Å². The summed E-state index contributed by atoms with van der Waals surface area (Å²) in [5.74, 6) is 0.470. The number of hydrogen-bond donors (Lipinski definition) is 0. The van der Waals surface area contributed by atoms with Crippen molar-refractivity contribution in [2.24, 2.45) is 5.41 Å². The molecule has 0 aromatic heterocycles. The van der Waals surface area contributed by atoms with E-state index < -0.39 is 0 Å². The molecule has 0 aliphatic heterocycles. The number of allylic oxidation sites excluding steroid dienone is 2. The highest BCUT2D eigenvalue weighted by atomic mass is 16.5. The molecule has 0 amide bonds. The molecule has 0 spiro atoms. The van der Waals surface area contributed by atoms with E-state index in [1.165, 1.54) is 6.92 Å². The van der Waals surface area contributed by atoms with Crippen molar-refractivity contribution in [3.05, 3.63) is 11.8 Å². The zero-order valence-electron chi connectivity index (χ0n) is 7.89. The molecule has 0 saturated carbocycles. The lowest BCUT2D eigenvalue weighted by Gasteiger charge is -2.20. The standard InChI is InChI=1S/C9H16O2/c1-6-8(9(3,4)5)11-7(2)10/h6H,1-5H3/b8-6-. The Kier molecular flexibility index (Phi) is 3.30. The van der Waals surface area contributed by atoms with Gasteiger partial charge in [-0.1, -0.05) is 20.8 Å². The first-order chi connectivity index (χ1) is 4.88. The van der Waals surface area contributed by atoms with Crippen molar-refractivity contribution < 1.29 is 9.53 Å². The van der Waals surface area contributed by atoms with Gasteiger partial charge in [-0.3, -0.25) is 4.79 Å². The van der Waals surface area contributed by atoms with Crippen LogP contribution < -0.4 is 0 Å². The van der Waals surface area contributed by atoms with E-state index in [0.29, 0.717) is 0 Å². The van der Waals surface area contributed by atoms with E-state index in [9.17, 15) is 4.79 Å². The zero-order chi connectivity index (χ0) is 9.07. The van der Waals surface area contributed by atoms with Crippen LogP contribution in [0.4, 0.5) is 0 Å². The smallest absolute Gasteiger partial charge is 0.307 e. The quantitative estimate of drug-likeness (QED) is 0.430. The number of hydrogen-bond acceptors (Lipinski definition) is 2. The predicted molar refractivity (Wildman–Crippen MR) is 45.0 cm³/mol. The van der Waals surface area contributed by atoms with Crippen LogP contribution in [0.5, 0.6) is 0 Å². The van der Waals surface area contributed by atoms with Crippen LogP contribution in [0.15, 0.2) is 11.8 Å². The second-order valence-electron chi connectivity index (χ2n) is 3.50. The van der Waals surface area contributed by atoms with Gasteiger partial charge in [-0.2, -0.15) is 0 Å². The van der Waals surface area contributed by atoms with Crippen LogP contribution in [0, 0.1) is 5.41 Å². The second kappa shape index (κ2) is 3.56. The Morgan fingerprint density at radius 1 is 1.36 bits per heavy atom. The molecule has 0 fully saturated rings. The molecular weight excluding hydrogens is 140 g/mol. The van der Waals surface area contributed by atoms with Crippen molar-refractivity contribution in [3.63, 3.8) is 0 Å². The molecule has 0 atom stereocenters. The first-order valence-electron chi connectivity index (χ1n) is 3.73. The average Bonchev–Trinajstić information content (AvgIpc) is 1.79. The Morgan fingerprint density at radius 2 is 1.82 bits per heavy atom. The third-order valence-electron chi connectivity index (χ3n) is 1.26. The van der Waals surface area contributed by atoms with Crippen molar-refractivity contribution in [2.45, 2.75) is 34.6 Å². The molecular formula is C9H16O2. The van der Waals surface area contributed by atoms with E-state index >= 15 is 0 Å². The normalized spacial score (nSPS) is 13.0. The molecule has 0 aliphatic rings. The van der Waals surface area contributed by atoms with Crippen LogP contribution in [-0.2, 0) is 9.53 Å². The van der Waals surface area contributed by atoms with Crippen LogP contribution in [0.2, 0.25) is 0 Å². The minimum atomic E-state index is -0.256. The fraction of sp³-hybridized carbons (Fsp3) is 0.667. The third kappa shape index (κ3) is 3.81. The highest BCUT2D eigenvalue weighted by Crippen LogP contribution is 2.25. The van der Waals surface area contributed by atoms with Crippen LogP contribution >= 0.6 is 0 Å². The first-order valence-corrected chi connectivity index (χ1v) is 3.73. The highest BCUT2D eigenvalue weighted by Gasteiger charge is 2.18. The van der Waals surface area contributed by atoms with Gasteiger partial charge in [-0.25, -0.2) is 0 Å². The zero-order valence-corrected chi connectivity index (χ0v) is 7.89. The number of carbonyl (C=O) groups excluding carboxylic acids is 1. The van der Waals surface area contributed by atoms with Crippen LogP contribution in [0.3, 0.4) is 0 Å². The molecule has 0 aliphatic carbocycles. The van der Waals surface area contributed by atoms with Crippen LogP contribution in [0.1, 0.15) is 34.6 Å². The van der Waals surface area contributed by atoms with Crippen molar-refractivity contribution in [3.8, 4) is 0 Å². The minimum Gasteiger partial charge on any atom is -0.431 e. The average molecular weight is 156 g/mol. The number of carbonyl (C=O) groups is 1. The Labute approximate surface area is 68.2 Å². The molecule has 0 rings (SSSR count). The third-order valence-corrected chi connectivity index (χ3v) is 1.26. The highest BCUT2D eigenvalue weighted by molar-refractivity contribution is 5.67. The summed E-state index contributed by atoms with van der Waals surface area (Å²) in [6.45, 7) is 9.29. The van der Waals surface area contributed by atoms with Gasteiger partial charge in [0.25, 0.3) is 0 Å². The van der Waals surface area contributed by atoms with Crippen LogP contribution in [0.25, 0.3) is 0 Å². The van der Waals surface area contributed by atoms with E-state index in [-0.39, 0.29) is 11.4 Å². The Balaban J connectivity index is 4.33. The largest absolute Gasteiger partial charge is 0.431 e. The fourth-order valence-corrected chi connectivity index (χ4v) is 0.800. The van der Waals surface area contributed by atoms with E-state index in [0.717, 1.165) is 5.76 Å². The van der Waals surface area contributed by atoms with Gasteiger partial charge >= 0.3 is 5.97 Å². The molecule has 0 saturated heterocycles. The molecule has 0 radical (unpaired) electrons. The molecule has 11 heavy (non-hydrogen) atoms. The summed E-state index contributed by atoms with van der Waals surface area (Å²) in [5.41, 5.74) is -0.0829. The Bertz CT molecular complexity index is 172. The van der Waals surface area contributed by atoms with E-state index in [2.05, 4.69) is 0 Å². The SMILES string of the molecule is C/C=C(\OC(C)=O)C(C)(C)C. The van der Waals surface area contributed by atoms with Crippen molar-refractivity contribution in [2.75, 3.05) is 0 Å². The number of ether oxygens (including phenoxy) is 1. The minimum absolute atomic E-state index is 0.0829. The van der Waals surface area contributed by atoms with Gasteiger partial charge < -0.3 is 4.74 Å². The summed E-state index contributed by atoms with van der Waals surface area (Å²) in [6, 6.07) is 0. The van der Waals surface area contributed by atoms with Crippen LogP contribution in [-0.4, -0.2) is 5.97 Å². The monoisotopic (exact) mass is 156 g/mol. The molecule has 2 nitrogen and oxygen atoms in total. The molecule has 0 N–H and O–H groups in total. The molecule has 0 bridgehead atoms. The maximum atomic E-state index is 10.6. The Morgan fingerprint density at radius 3 is 1.91 bits per heavy atom. The summed E-state index contributed by atoms with van der Waals surface area (Å²) in [5, 5.41) is 0. The van der Waals surface area contributed by atoms with Gasteiger partial charge in [-0.05, 0) is 13.0 Å². The summed E-state index contributed by atoms with van der Waals surface area (Å²) >= 11 is 0. The van der Waals surface area contributed by atoms with Gasteiger partial charge in [0.2, 0.25) is 0 Å². The van der Waals surface area contributed by atoms with E-state index in [4.69, 9.17) is 4.74 Å². The van der Waals surface area contributed by atoms with Gasteiger partial charge in [-0.15, -0.1) is 0 Å². The number of rotatable bonds is 1. The lowest BCUT2D eigenvalue weighted by Crippen LogP contribution is -2.14. The van der Waals surface area contributed by atoms with Gasteiger partial charge in [0, 0.05) is 12.3 Å². The lowest BCUT2D eigenvalue weighted by atomic mass is 9.94. The number of esters is 1. The Hall–Kier alpha value is -0.790. The van der Waals surface area contributed by atoms with Crippen molar-refractivity contribution in [1.29, 1.82) is 0 Å².